The summed E-state index contributed by atoms with van der Waals surface area (Å²) in [5.74, 6) is -1.38. The van der Waals surface area contributed by atoms with E-state index in [0.29, 0.717) is 16.9 Å². The molecular formula is C18H15N3O4. The molecule has 2 amide bonds. The van der Waals surface area contributed by atoms with Gasteiger partial charge in [0, 0.05) is 18.3 Å². The van der Waals surface area contributed by atoms with E-state index < -0.39 is 18.5 Å². The van der Waals surface area contributed by atoms with Gasteiger partial charge in [-0.05, 0) is 42.5 Å². The van der Waals surface area contributed by atoms with Gasteiger partial charge in [-0.15, -0.1) is 0 Å². The number of anilines is 2. The normalized spacial score (nSPS) is 9.60. The summed E-state index contributed by atoms with van der Waals surface area (Å²) in [5, 5.41) is 14.0. The van der Waals surface area contributed by atoms with E-state index in [1.807, 2.05) is 6.07 Å². The Balaban J connectivity index is 1.86. The summed E-state index contributed by atoms with van der Waals surface area (Å²) in [7, 11) is 0. The third-order valence-corrected chi connectivity index (χ3v) is 3.05. The minimum atomic E-state index is -0.687. The maximum Gasteiger partial charge on any atom is 0.338 e. The summed E-state index contributed by atoms with van der Waals surface area (Å²) < 4.78 is 4.92. The van der Waals surface area contributed by atoms with Crippen molar-refractivity contribution < 1.29 is 19.1 Å². The number of nitriles is 1. The first kappa shape index (κ1) is 17.7. The predicted octanol–water partition coefficient (Wildman–Crippen LogP) is 2.31. The fraction of sp³-hybridized carbons (Fsp3) is 0.111. The highest BCUT2D eigenvalue weighted by molar-refractivity contribution is 5.96. The molecule has 0 saturated heterocycles. The van der Waals surface area contributed by atoms with Gasteiger partial charge in [-0.3, -0.25) is 9.59 Å². The van der Waals surface area contributed by atoms with Gasteiger partial charge in [0.1, 0.15) is 0 Å². The van der Waals surface area contributed by atoms with Crippen molar-refractivity contribution in [3.8, 4) is 6.07 Å². The van der Waals surface area contributed by atoms with Gasteiger partial charge in [-0.25, -0.2) is 4.79 Å². The average molecular weight is 337 g/mol. The van der Waals surface area contributed by atoms with Gasteiger partial charge in [-0.1, -0.05) is 6.07 Å². The summed E-state index contributed by atoms with van der Waals surface area (Å²) in [6.45, 7) is 0.944. The van der Waals surface area contributed by atoms with E-state index in [0.717, 1.165) is 0 Å². The van der Waals surface area contributed by atoms with E-state index in [2.05, 4.69) is 10.6 Å². The Morgan fingerprint density at radius 3 is 2.28 bits per heavy atom. The Labute approximate surface area is 144 Å². The number of ether oxygens (including phenoxy) is 1. The third kappa shape index (κ3) is 5.48. The summed E-state index contributed by atoms with van der Waals surface area (Å²) in [5.41, 5.74) is 1.64. The largest absolute Gasteiger partial charge is 0.452 e. The molecule has 25 heavy (non-hydrogen) atoms. The minimum absolute atomic E-state index is 0.191. The zero-order valence-electron chi connectivity index (χ0n) is 13.4. The third-order valence-electron chi connectivity index (χ3n) is 3.05. The number of hydrogen-bond donors (Lipinski definition) is 2. The molecule has 0 atom stereocenters. The van der Waals surface area contributed by atoms with Crippen molar-refractivity contribution in [2.75, 3.05) is 17.2 Å². The van der Waals surface area contributed by atoms with Crippen molar-refractivity contribution in [2.24, 2.45) is 0 Å². The predicted molar refractivity (Wildman–Crippen MR) is 90.8 cm³/mol. The summed E-state index contributed by atoms with van der Waals surface area (Å²) in [6, 6.07) is 14.4. The van der Waals surface area contributed by atoms with Gasteiger partial charge >= 0.3 is 5.97 Å². The van der Waals surface area contributed by atoms with Crippen LogP contribution in [0.5, 0.6) is 0 Å². The molecule has 7 nitrogen and oxygen atoms in total. The van der Waals surface area contributed by atoms with Gasteiger partial charge < -0.3 is 15.4 Å². The number of hydrogen-bond acceptors (Lipinski definition) is 5. The fourth-order valence-corrected chi connectivity index (χ4v) is 1.97. The molecule has 2 N–H and O–H groups in total. The first-order valence-electron chi connectivity index (χ1n) is 7.33. The van der Waals surface area contributed by atoms with E-state index in [9.17, 15) is 14.4 Å². The number of benzene rings is 2. The van der Waals surface area contributed by atoms with Crippen molar-refractivity contribution in [1.82, 2.24) is 0 Å². The lowest BCUT2D eigenvalue weighted by Gasteiger charge is -2.08. The molecule has 0 saturated carbocycles. The van der Waals surface area contributed by atoms with Crippen LogP contribution in [0.25, 0.3) is 0 Å². The summed E-state index contributed by atoms with van der Waals surface area (Å²) >= 11 is 0. The van der Waals surface area contributed by atoms with E-state index in [1.54, 1.807) is 36.4 Å². The molecule has 0 bridgehead atoms. The summed E-state index contributed by atoms with van der Waals surface area (Å²) in [6.07, 6.45) is 0. The lowest BCUT2D eigenvalue weighted by Crippen LogP contribution is -2.21. The van der Waals surface area contributed by atoms with Crippen LogP contribution in [0.15, 0.2) is 48.5 Å². The fourth-order valence-electron chi connectivity index (χ4n) is 1.97. The Morgan fingerprint density at radius 1 is 1.04 bits per heavy atom. The average Bonchev–Trinajstić information content (AvgIpc) is 2.61. The van der Waals surface area contributed by atoms with Crippen molar-refractivity contribution >= 4 is 29.2 Å². The number of nitrogens with one attached hydrogen (secondary N) is 2. The smallest absolute Gasteiger partial charge is 0.338 e. The molecule has 2 aromatic carbocycles. The Morgan fingerprint density at radius 2 is 1.68 bits per heavy atom. The Hall–Kier alpha value is -3.66. The van der Waals surface area contributed by atoms with Crippen LogP contribution in [0, 0.1) is 11.3 Å². The van der Waals surface area contributed by atoms with E-state index >= 15 is 0 Å². The first-order chi connectivity index (χ1) is 12.0. The van der Waals surface area contributed by atoms with Crippen LogP contribution in [0.4, 0.5) is 11.4 Å². The second-order valence-corrected chi connectivity index (χ2v) is 5.08. The second-order valence-electron chi connectivity index (χ2n) is 5.08. The maximum absolute atomic E-state index is 11.9. The molecule has 0 aromatic heterocycles. The highest BCUT2D eigenvalue weighted by atomic mass is 16.5. The summed E-state index contributed by atoms with van der Waals surface area (Å²) in [4.78, 5) is 34.6. The number of carbonyl (C=O) groups excluding carboxylic acids is 3. The molecule has 0 unspecified atom stereocenters. The lowest BCUT2D eigenvalue weighted by molar-refractivity contribution is -0.119. The van der Waals surface area contributed by atoms with Crippen LogP contribution >= 0.6 is 0 Å². The molecule has 7 heteroatoms. The van der Waals surface area contributed by atoms with E-state index in [4.69, 9.17) is 10.00 Å². The van der Waals surface area contributed by atoms with Crippen LogP contribution in [0.1, 0.15) is 22.8 Å². The molecule has 0 spiro atoms. The van der Waals surface area contributed by atoms with Crippen LogP contribution in [0.3, 0.4) is 0 Å². The topological polar surface area (TPSA) is 108 Å². The molecule has 126 valence electrons. The van der Waals surface area contributed by atoms with Gasteiger partial charge in [0.25, 0.3) is 5.91 Å². The minimum Gasteiger partial charge on any atom is -0.452 e. The van der Waals surface area contributed by atoms with Crippen molar-refractivity contribution in [3.05, 3.63) is 59.7 Å². The SMILES string of the molecule is CC(=O)Nc1ccc(NC(=O)COC(=O)c2cccc(C#N)c2)cc1. The molecule has 0 fully saturated rings. The zero-order chi connectivity index (χ0) is 18.2. The van der Waals surface area contributed by atoms with Crippen molar-refractivity contribution in [2.45, 2.75) is 6.92 Å². The maximum atomic E-state index is 11.9. The molecule has 0 aliphatic heterocycles. The first-order valence-corrected chi connectivity index (χ1v) is 7.33. The zero-order valence-corrected chi connectivity index (χ0v) is 13.4. The molecule has 0 aliphatic rings. The standard InChI is InChI=1S/C18H15N3O4/c1-12(22)20-15-5-7-16(8-6-15)21-17(23)11-25-18(24)14-4-2-3-13(9-14)10-19/h2-9H,11H2,1H3,(H,20,22)(H,21,23). The number of esters is 1. The Kier molecular flexibility index (Phi) is 5.85. The van der Waals surface area contributed by atoms with Gasteiger partial charge in [-0.2, -0.15) is 5.26 Å². The van der Waals surface area contributed by atoms with Crippen molar-refractivity contribution in [1.29, 1.82) is 5.26 Å². The van der Waals surface area contributed by atoms with Crippen LogP contribution < -0.4 is 10.6 Å². The Bertz CT molecular complexity index is 838. The monoisotopic (exact) mass is 337 g/mol. The number of carbonyl (C=O) groups is 3. The van der Waals surface area contributed by atoms with Gasteiger partial charge in [0.05, 0.1) is 17.2 Å². The second kappa shape index (κ2) is 8.26. The number of amides is 2. The molecule has 2 rings (SSSR count). The lowest BCUT2D eigenvalue weighted by atomic mass is 10.1. The number of nitrogens with zero attached hydrogens (tertiary/aromatic N) is 1. The van der Waals surface area contributed by atoms with Crippen LogP contribution in [0.2, 0.25) is 0 Å². The number of rotatable bonds is 5. The molecule has 0 heterocycles. The highest BCUT2D eigenvalue weighted by Crippen LogP contribution is 2.13. The molecule has 0 aliphatic carbocycles. The van der Waals surface area contributed by atoms with Gasteiger partial charge in [0.2, 0.25) is 5.91 Å². The molecule has 2 aromatic rings. The van der Waals surface area contributed by atoms with Crippen molar-refractivity contribution in [3.63, 3.8) is 0 Å². The van der Waals surface area contributed by atoms with Crippen LogP contribution in [-0.4, -0.2) is 24.4 Å². The van der Waals surface area contributed by atoms with Crippen LogP contribution in [-0.2, 0) is 14.3 Å². The molecular weight excluding hydrogens is 322 g/mol. The highest BCUT2D eigenvalue weighted by Gasteiger charge is 2.11. The van der Waals surface area contributed by atoms with E-state index in [-0.39, 0.29) is 11.5 Å². The molecule has 0 radical (unpaired) electrons. The van der Waals surface area contributed by atoms with E-state index in [1.165, 1.54) is 19.1 Å². The quantitative estimate of drug-likeness (QED) is 0.814. The van der Waals surface area contributed by atoms with Gasteiger partial charge in [0.15, 0.2) is 6.61 Å².